The molecule has 9 nitrogen and oxygen atoms in total. The molecule has 10 heteroatoms. The molecule has 35 heavy (non-hydrogen) atoms. The lowest BCUT2D eigenvalue weighted by atomic mass is 10.1. The van der Waals surface area contributed by atoms with Crippen LogP contribution >= 0.6 is 0 Å². The summed E-state index contributed by atoms with van der Waals surface area (Å²) in [6, 6.07) is 11.8. The summed E-state index contributed by atoms with van der Waals surface area (Å²) in [5.74, 6) is 0.443. The molecule has 2 aromatic heterocycles. The van der Waals surface area contributed by atoms with Crippen LogP contribution in [0.3, 0.4) is 0 Å². The lowest BCUT2D eigenvalue weighted by Crippen LogP contribution is -2.30. The molecule has 2 aromatic carbocycles. The lowest BCUT2D eigenvalue weighted by Gasteiger charge is -2.21. The van der Waals surface area contributed by atoms with Crippen molar-refractivity contribution >= 4 is 16.7 Å². The Bertz CT molecular complexity index is 1510. The Labute approximate surface area is 200 Å². The first-order valence-corrected chi connectivity index (χ1v) is 11.1. The molecule has 0 bridgehead atoms. The Hall–Kier alpha value is -4.39. The highest BCUT2D eigenvalue weighted by Crippen LogP contribution is 2.34. The Morgan fingerprint density at radius 1 is 1.14 bits per heavy atom. The summed E-state index contributed by atoms with van der Waals surface area (Å²) in [5.41, 5.74) is 2.17. The molecular formula is C25H23FN6O3. The third-order valence-electron chi connectivity index (χ3n) is 6.35. The van der Waals surface area contributed by atoms with E-state index in [1.807, 2.05) is 17.0 Å². The number of imidazole rings is 1. The van der Waals surface area contributed by atoms with E-state index in [-0.39, 0.29) is 29.5 Å². The number of methoxy groups -OCH3 is 2. The molecule has 1 aliphatic rings. The van der Waals surface area contributed by atoms with Gasteiger partial charge in [0, 0.05) is 25.5 Å². The van der Waals surface area contributed by atoms with Crippen LogP contribution in [0.25, 0.3) is 11.0 Å². The topological polar surface area (TPSA) is 98.2 Å². The maximum atomic E-state index is 14.7. The summed E-state index contributed by atoms with van der Waals surface area (Å²) in [4.78, 5) is 24.2. The van der Waals surface area contributed by atoms with Crippen molar-refractivity contribution in [3.8, 4) is 17.7 Å². The number of para-hydroxylation sites is 2. The highest BCUT2D eigenvalue weighted by Gasteiger charge is 2.31. The minimum Gasteiger partial charge on any atom is -0.494 e. The molecule has 3 heterocycles. The van der Waals surface area contributed by atoms with Crippen molar-refractivity contribution < 1.29 is 13.9 Å². The molecule has 0 radical (unpaired) electrons. The van der Waals surface area contributed by atoms with Gasteiger partial charge in [-0.3, -0.25) is 14.1 Å². The van der Waals surface area contributed by atoms with Gasteiger partial charge in [-0.05, 0) is 30.7 Å². The summed E-state index contributed by atoms with van der Waals surface area (Å²) >= 11 is 0. The highest BCUT2D eigenvalue weighted by molar-refractivity contribution is 5.83. The maximum Gasteiger partial charge on any atom is 0.329 e. The van der Waals surface area contributed by atoms with Gasteiger partial charge in [-0.15, -0.1) is 0 Å². The van der Waals surface area contributed by atoms with Gasteiger partial charge in [0.25, 0.3) is 0 Å². The van der Waals surface area contributed by atoms with E-state index in [0.29, 0.717) is 47.9 Å². The largest absolute Gasteiger partial charge is 0.494 e. The zero-order valence-electron chi connectivity index (χ0n) is 19.3. The van der Waals surface area contributed by atoms with Crippen LogP contribution in [0.1, 0.15) is 23.7 Å². The molecule has 0 unspecified atom stereocenters. The molecule has 0 aliphatic carbocycles. The molecule has 0 amide bonds. The Morgan fingerprint density at radius 2 is 1.94 bits per heavy atom. The molecule has 0 spiro atoms. The standard InChI is InChI=1S/C25H23FN6O3/c1-34-21-8-4-7-20-23(21)31(15-19-24(35-2)29-11-10-28-19)25(33)32(20)17-9-12-30(14-17)22-16(13-27)5-3-6-18(22)26/h3-8,10-11,17H,9,12,14-15H2,1-2H3/t17-/m1/s1. The minimum absolute atomic E-state index is 0.141. The van der Waals surface area contributed by atoms with E-state index < -0.39 is 5.82 Å². The predicted octanol–water partition coefficient (Wildman–Crippen LogP) is 3.12. The average Bonchev–Trinajstić information content (AvgIpc) is 3.46. The van der Waals surface area contributed by atoms with Crippen LogP contribution in [0, 0.1) is 17.1 Å². The van der Waals surface area contributed by atoms with Crippen molar-refractivity contribution in [2.75, 3.05) is 32.2 Å². The number of fused-ring (bicyclic) bond motifs is 1. The van der Waals surface area contributed by atoms with E-state index in [1.165, 1.54) is 25.4 Å². The number of nitriles is 1. The van der Waals surface area contributed by atoms with Crippen molar-refractivity contribution in [1.29, 1.82) is 5.26 Å². The van der Waals surface area contributed by atoms with Gasteiger partial charge in [0.15, 0.2) is 0 Å². The number of nitrogens with zero attached hydrogens (tertiary/aromatic N) is 6. The minimum atomic E-state index is -0.448. The van der Waals surface area contributed by atoms with Gasteiger partial charge < -0.3 is 14.4 Å². The highest BCUT2D eigenvalue weighted by atomic mass is 19.1. The van der Waals surface area contributed by atoms with E-state index in [9.17, 15) is 14.4 Å². The third-order valence-corrected chi connectivity index (χ3v) is 6.35. The lowest BCUT2D eigenvalue weighted by molar-refractivity contribution is 0.387. The smallest absolute Gasteiger partial charge is 0.329 e. The van der Waals surface area contributed by atoms with Crippen molar-refractivity contribution in [3.63, 3.8) is 0 Å². The summed E-state index contributed by atoms with van der Waals surface area (Å²) in [6.45, 7) is 1.05. The van der Waals surface area contributed by atoms with Crippen molar-refractivity contribution in [2.45, 2.75) is 19.0 Å². The van der Waals surface area contributed by atoms with Crippen LogP contribution in [-0.4, -0.2) is 46.4 Å². The van der Waals surface area contributed by atoms with Crippen LogP contribution < -0.4 is 20.1 Å². The second kappa shape index (κ2) is 9.10. The molecule has 1 saturated heterocycles. The third kappa shape index (κ3) is 3.75. The van der Waals surface area contributed by atoms with Crippen LogP contribution in [-0.2, 0) is 6.54 Å². The summed E-state index contributed by atoms with van der Waals surface area (Å²) in [5, 5.41) is 9.48. The molecular weight excluding hydrogens is 451 g/mol. The van der Waals surface area contributed by atoms with Crippen molar-refractivity contribution in [2.24, 2.45) is 0 Å². The summed E-state index contributed by atoms with van der Waals surface area (Å²) < 4.78 is 28.9. The predicted molar refractivity (Wildman–Crippen MR) is 127 cm³/mol. The van der Waals surface area contributed by atoms with Crippen molar-refractivity contribution in [3.05, 3.63) is 76.4 Å². The van der Waals surface area contributed by atoms with E-state index in [0.717, 1.165) is 0 Å². The summed E-state index contributed by atoms with van der Waals surface area (Å²) in [7, 11) is 3.06. The van der Waals surface area contributed by atoms with E-state index in [1.54, 1.807) is 34.6 Å². The van der Waals surface area contributed by atoms with Gasteiger partial charge in [0.05, 0.1) is 43.6 Å². The van der Waals surface area contributed by atoms with Gasteiger partial charge in [-0.25, -0.2) is 14.2 Å². The first kappa shape index (κ1) is 22.4. The fourth-order valence-electron chi connectivity index (χ4n) is 4.83. The maximum absolute atomic E-state index is 14.7. The zero-order valence-corrected chi connectivity index (χ0v) is 19.3. The molecule has 0 N–H and O–H groups in total. The van der Waals surface area contributed by atoms with Gasteiger partial charge in [0.2, 0.25) is 5.88 Å². The number of halogens is 1. The SMILES string of the molecule is COc1nccnc1Cn1c(=O)n([C@@H]2CCN(c3c(F)cccc3C#N)C2)c2cccc(OC)c21. The molecule has 1 aliphatic heterocycles. The van der Waals surface area contributed by atoms with Gasteiger partial charge in [-0.2, -0.15) is 5.26 Å². The summed E-state index contributed by atoms with van der Waals surface area (Å²) in [6.07, 6.45) is 3.69. The molecule has 4 aromatic rings. The number of hydrogen-bond acceptors (Lipinski definition) is 7. The molecule has 178 valence electrons. The average molecular weight is 474 g/mol. The van der Waals surface area contributed by atoms with Gasteiger partial charge in [-0.1, -0.05) is 12.1 Å². The first-order chi connectivity index (χ1) is 17.1. The number of rotatable bonds is 6. The molecule has 1 fully saturated rings. The van der Waals surface area contributed by atoms with E-state index in [2.05, 4.69) is 16.0 Å². The van der Waals surface area contributed by atoms with Crippen LogP contribution in [0.2, 0.25) is 0 Å². The van der Waals surface area contributed by atoms with Crippen molar-refractivity contribution in [1.82, 2.24) is 19.1 Å². The van der Waals surface area contributed by atoms with Crippen LogP contribution in [0.15, 0.2) is 53.6 Å². The number of ether oxygens (including phenoxy) is 2. The zero-order chi connectivity index (χ0) is 24.5. The Morgan fingerprint density at radius 3 is 2.71 bits per heavy atom. The number of hydrogen-bond donors (Lipinski definition) is 0. The second-order valence-corrected chi connectivity index (χ2v) is 8.22. The number of anilines is 1. The normalized spacial score (nSPS) is 15.4. The van der Waals surface area contributed by atoms with Crippen LogP contribution in [0.4, 0.5) is 10.1 Å². The Balaban J connectivity index is 1.60. The van der Waals surface area contributed by atoms with Crippen LogP contribution in [0.5, 0.6) is 11.6 Å². The van der Waals surface area contributed by atoms with E-state index >= 15 is 0 Å². The second-order valence-electron chi connectivity index (χ2n) is 8.22. The fourth-order valence-corrected chi connectivity index (χ4v) is 4.83. The van der Waals surface area contributed by atoms with Gasteiger partial charge in [0.1, 0.15) is 28.8 Å². The molecule has 5 rings (SSSR count). The first-order valence-electron chi connectivity index (χ1n) is 11.1. The monoisotopic (exact) mass is 474 g/mol. The molecule has 0 saturated carbocycles. The quantitative estimate of drug-likeness (QED) is 0.423. The number of aromatic nitrogens is 4. The number of benzene rings is 2. The fraction of sp³-hybridized carbons (Fsp3) is 0.280. The van der Waals surface area contributed by atoms with E-state index in [4.69, 9.17) is 9.47 Å². The molecule has 1 atom stereocenters. The Kier molecular flexibility index (Phi) is 5.82. The van der Waals surface area contributed by atoms with Gasteiger partial charge >= 0.3 is 5.69 Å².